The van der Waals surface area contributed by atoms with Gasteiger partial charge in [0.1, 0.15) is 5.60 Å². The Kier molecular flexibility index (Phi) is 5.44. The van der Waals surface area contributed by atoms with Crippen LogP contribution in [0.3, 0.4) is 0 Å². The number of carbonyl (C=O) groups excluding carboxylic acids is 3. The van der Waals surface area contributed by atoms with Gasteiger partial charge in [0, 0.05) is 28.3 Å². The molecule has 2 N–H and O–H groups in total. The zero-order chi connectivity index (χ0) is 19.9. The summed E-state index contributed by atoms with van der Waals surface area (Å²) in [4.78, 5) is 37.5. The monoisotopic (exact) mass is 373 g/mol. The molecule has 4 aliphatic rings. The molecule has 0 aromatic heterocycles. The lowest BCUT2D eigenvalue weighted by Gasteiger charge is -2.43. The first-order valence-electron chi connectivity index (χ1n) is 10.1. The molecule has 4 rings (SSSR count). The number of rotatable bonds is 5. The normalized spacial score (nSPS) is 30.6. The summed E-state index contributed by atoms with van der Waals surface area (Å²) in [5.74, 6) is 0.584. The summed E-state index contributed by atoms with van der Waals surface area (Å²) >= 11 is 0. The van der Waals surface area contributed by atoms with Gasteiger partial charge in [0.25, 0.3) is 5.91 Å². The average molecular weight is 373 g/mol. The minimum Gasteiger partial charge on any atom is -0.380 e. The topological polar surface area (TPSA) is 83.5 Å². The number of fused-ring (bicyclic) bond motifs is 3. The maximum absolute atomic E-state index is 12.7. The van der Waals surface area contributed by atoms with Gasteiger partial charge in [0.15, 0.2) is 11.6 Å². The fraction of sp³-hybridized carbons (Fsp3) is 0.682. The number of nitrogens with one attached hydrogen (secondary N) is 1. The Morgan fingerprint density at radius 1 is 1.04 bits per heavy atom. The van der Waals surface area contributed by atoms with Crippen molar-refractivity contribution in [1.82, 2.24) is 5.32 Å². The Balaban J connectivity index is 1.63. The Labute approximate surface area is 161 Å². The van der Waals surface area contributed by atoms with Gasteiger partial charge in [-0.25, -0.2) is 0 Å². The van der Waals surface area contributed by atoms with Gasteiger partial charge >= 0.3 is 0 Å². The summed E-state index contributed by atoms with van der Waals surface area (Å²) in [5, 5.41) is 13.8. The van der Waals surface area contributed by atoms with Gasteiger partial charge in [0.05, 0.1) is 0 Å². The van der Waals surface area contributed by atoms with Crippen molar-refractivity contribution in [2.75, 3.05) is 0 Å². The second-order valence-corrected chi connectivity index (χ2v) is 8.88. The van der Waals surface area contributed by atoms with E-state index in [1.807, 2.05) is 0 Å². The lowest BCUT2D eigenvalue weighted by molar-refractivity contribution is -0.140. The SMILES string of the molecule is CC1=C(C)C(=O)C(CC[C@](C)(O)C(=O)N[C@H]2CC3CCC2CC3)=C(C)C1=O. The number of ketones is 2. The smallest absolute Gasteiger partial charge is 0.251 e. The number of amides is 1. The van der Waals surface area contributed by atoms with Crippen LogP contribution in [-0.4, -0.2) is 34.2 Å². The van der Waals surface area contributed by atoms with Gasteiger partial charge in [-0.3, -0.25) is 14.4 Å². The van der Waals surface area contributed by atoms with E-state index in [2.05, 4.69) is 5.32 Å². The molecule has 0 heterocycles. The second kappa shape index (κ2) is 7.34. The van der Waals surface area contributed by atoms with Crippen LogP contribution in [0.1, 0.15) is 72.6 Å². The maximum Gasteiger partial charge on any atom is 0.251 e. The lowest BCUT2D eigenvalue weighted by Crippen LogP contribution is -2.53. The molecule has 0 unspecified atom stereocenters. The Morgan fingerprint density at radius 2 is 1.63 bits per heavy atom. The molecule has 0 aromatic rings. The summed E-state index contributed by atoms with van der Waals surface area (Å²) in [6.07, 6.45) is 6.17. The van der Waals surface area contributed by atoms with Crippen LogP contribution in [0.2, 0.25) is 0 Å². The van der Waals surface area contributed by atoms with Gasteiger partial charge in [-0.05, 0) is 71.6 Å². The molecule has 2 atom stereocenters. The molecular formula is C22H31NO4. The van der Waals surface area contributed by atoms with Crippen LogP contribution in [-0.2, 0) is 14.4 Å². The fourth-order valence-corrected chi connectivity index (χ4v) is 4.82. The molecule has 0 radical (unpaired) electrons. The van der Waals surface area contributed by atoms with E-state index < -0.39 is 5.60 Å². The van der Waals surface area contributed by atoms with Crippen LogP contribution in [0.5, 0.6) is 0 Å². The zero-order valence-electron chi connectivity index (χ0n) is 16.9. The van der Waals surface area contributed by atoms with Crippen molar-refractivity contribution >= 4 is 17.5 Å². The molecule has 3 saturated carbocycles. The van der Waals surface area contributed by atoms with E-state index in [0.717, 1.165) is 19.3 Å². The van der Waals surface area contributed by atoms with Crippen LogP contribution in [0, 0.1) is 11.8 Å². The van der Waals surface area contributed by atoms with Gasteiger partial charge in [-0.15, -0.1) is 0 Å². The van der Waals surface area contributed by atoms with E-state index in [4.69, 9.17) is 0 Å². The summed E-state index contributed by atoms with van der Waals surface area (Å²) in [7, 11) is 0. The highest BCUT2D eigenvalue weighted by Crippen LogP contribution is 2.41. The van der Waals surface area contributed by atoms with E-state index in [0.29, 0.717) is 34.1 Å². The maximum atomic E-state index is 12.7. The highest BCUT2D eigenvalue weighted by Gasteiger charge is 2.40. The molecule has 2 bridgehead atoms. The van der Waals surface area contributed by atoms with E-state index in [9.17, 15) is 19.5 Å². The Bertz CT molecular complexity index is 735. The van der Waals surface area contributed by atoms with E-state index >= 15 is 0 Å². The molecule has 0 saturated heterocycles. The van der Waals surface area contributed by atoms with E-state index in [1.165, 1.54) is 19.8 Å². The van der Waals surface area contributed by atoms with Crippen LogP contribution in [0.15, 0.2) is 22.3 Å². The van der Waals surface area contributed by atoms with Gasteiger partial charge < -0.3 is 10.4 Å². The molecule has 1 amide bonds. The van der Waals surface area contributed by atoms with Gasteiger partial charge in [-0.2, -0.15) is 0 Å². The third-order valence-electron chi connectivity index (χ3n) is 7.03. The number of Topliss-reactive ketones (excluding diaryl/α,β-unsaturated/α-hetero) is 2. The van der Waals surface area contributed by atoms with Crippen LogP contribution in [0.25, 0.3) is 0 Å². The summed E-state index contributed by atoms with van der Waals surface area (Å²) in [6, 6.07) is 0.156. The average Bonchev–Trinajstić information content (AvgIpc) is 2.65. The minimum atomic E-state index is -1.56. The minimum absolute atomic E-state index is 0.121. The highest BCUT2D eigenvalue weighted by atomic mass is 16.3. The van der Waals surface area contributed by atoms with Crippen molar-refractivity contribution in [3.05, 3.63) is 22.3 Å². The molecular weight excluding hydrogens is 342 g/mol. The summed E-state index contributed by atoms with van der Waals surface area (Å²) < 4.78 is 0. The van der Waals surface area contributed by atoms with Crippen molar-refractivity contribution in [3.8, 4) is 0 Å². The Hall–Kier alpha value is -1.75. The second-order valence-electron chi connectivity index (χ2n) is 8.88. The van der Waals surface area contributed by atoms with Crippen LogP contribution >= 0.6 is 0 Å². The van der Waals surface area contributed by atoms with Gasteiger partial charge in [-0.1, -0.05) is 12.8 Å². The molecule has 3 fully saturated rings. The predicted molar refractivity (Wildman–Crippen MR) is 103 cm³/mol. The van der Waals surface area contributed by atoms with Crippen molar-refractivity contribution in [2.45, 2.75) is 84.3 Å². The number of allylic oxidation sites excluding steroid dienone is 4. The molecule has 27 heavy (non-hydrogen) atoms. The predicted octanol–water partition coefficient (Wildman–Crippen LogP) is 3.02. The molecule has 4 aliphatic carbocycles. The molecule has 0 aromatic carbocycles. The van der Waals surface area contributed by atoms with Crippen molar-refractivity contribution < 1.29 is 19.5 Å². The standard InChI is InChI=1S/C22H31NO4/c1-12-13(2)20(25)17(14(3)19(12)24)9-10-22(4,27)21(26)23-18-11-15-5-7-16(18)8-6-15/h15-16,18,27H,5-11H2,1-4H3,(H,23,26)/t15?,16?,18-,22-/m0/s1. The van der Waals surface area contributed by atoms with Crippen molar-refractivity contribution in [1.29, 1.82) is 0 Å². The first-order valence-corrected chi connectivity index (χ1v) is 10.1. The molecule has 148 valence electrons. The summed E-state index contributed by atoms with van der Waals surface area (Å²) in [5.41, 5.74) is 0.245. The first kappa shape index (κ1) is 20.0. The first-order chi connectivity index (χ1) is 12.6. The van der Waals surface area contributed by atoms with Crippen LogP contribution in [0.4, 0.5) is 0 Å². The van der Waals surface area contributed by atoms with Gasteiger partial charge in [0.2, 0.25) is 0 Å². The Morgan fingerprint density at radius 3 is 2.19 bits per heavy atom. The lowest BCUT2D eigenvalue weighted by atomic mass is 9.68. The zero-order valence-corrected chi connectivity index (χ0v) is 16.9. The highest BCUT2D eigenvalue weighted by molar-refractivity contribution is 6.24. The molecule has 0 aliphatic heterocycles. The number of hydrogen-bond acceptors (Lipinski definition) is 4. The largest absolute Gasteiger partial charge is 0.380 e. The fourth-order valence-electron chi connectivity index (χ4n) is 4.82. The molecule has 5 nitrogen and oxygen atoms in total. The molecule has 0 spiro atoms. The van der Waals surface area contributed by atoms with Crippen LogP contribution < -0.4 is 5.32 Å². The van der Waals surface area contributed by atoms with E-state index in [1.54, 1.807) is 20.8 Å². The third-order valence-corrected chi connectivity index (χ3v) is 7.03. The summed E-state index contributed by atoms with van der Waals surface area (Å²) in [6.45, 7) is 6.48. The van der Waals surface area contributed by atoms with Crippen molar-refractivity contribution in [3.63, 3.8) is 0 Å². The third kappa shape index (κ3) is 3.79. The molecule has 5 heteroatoms. The number of aliphatic hydroxyl groups is 1. The number of hydrogen-bond donors (Lipinski definition) is 2. The number of carbonyl (C=O) groups is 3. The quantitative estimate of drug-likeness (QED) is 0.726. The van der Waals surface area contributed by atoms with Crippen molar-refractivity contribution in [2.24, 2.45) is 11.8 Å². The van der Waals surface area contributed by atoms with E-state index in [-0.39, 0.29) is 36.4 Å².